The van der Waals surface area contributed by atoms with E-state index in [1.807, 2.05) is 38.1 Å². The summed E-state index contributed by atoms with van der Waals surface area (Å²) < 4.78 is 29.3. The highest BCUT2D eigenvalue weighted by atomic mass is 19.1. The van der Waals surface area contributed by atoms with E-state index in [4.69, 9.17) is 9.47 Å². The zero-order chi connectivity index (χ0) is 22.1. The van der Waals surface area contributed by atoms with E-state index in [0.717, 1.165) is 24.0 Å². The van der Waals surface area contributed by atoms with E-state index < -0.39 is 5.97 Å². The van der Waals surface area contributed by atoms with E-state index >= 15 is 0 Å². The number of rotatable bonds is 7. The number of ether oxygens (including phenoxy) is 3. The first-order chi connectivity index (χ1) is 14.5. The molecule has 0 aromatic heterocycles. The van der Waals surface area contributed by atoms with Gasteiger partial charge in [0, 0.05) is 6.07 Å². The van der Waals surface area contributed by atoms with Crippen molar-refractivity contribution in [1.29, 1.82) is 0 Å². The second-order valence-corrected chi connectivity index (χ2v) is 6.65. The molecule has 0 radical (unpaired) electrons. The summed E-state index contributed by atoms with van der Waals surface area (Å²) in [5.74, 6) is 0.471. The molecule has 1 aliphatic carbocycles. The number of esters is 1. The van der Waals surface area contributed by atoms with Gasteiger partial charge in [-0.2, -0.15) is 0 Å². The fourth-order valence-corrected chi connectivity index (χ4v) is 3.21. The second-order valence-electron chi connectivity index (χ2n) is 6.65. The summed E-state index contributed by atoms with van der Waals surface area (Å²) in [4.78, 5) is 11.2. The Labute approximate surface area is 178 Å². The van der Waals surface area contributed by atoms with E-state index in [9.17, 15) is 9.18 Å². The zero-order valence-electron chi connectivity index (χ0n) is 18.0. The fourth-order valence-electron chi connectivity index (χ4n) is 3.21. The standard InChI is InChI=1S/C23H23FO4.C2H6/c1-15(11-16(2)24)18-8-7-17-9-10-22(21(17)12-18)28-20-6-4-5-19(13-20)27-14-23(25)26-3;1-2/h4-8,11-13,22H,1,9-10,14H2,2-3H3;1-2H3/b16-11+;. The molecule has 4 nitrogen and oxygen atoms in total. The summed E-state index contributed by atoms with van der Waals surface area (Å²) in [5, 5.41) is 0. The predicted molar refractivity (Wildman–Crippen MR) is 117 cm³/mol. The number of halogens is 1. The van der Waals surface area contributed by atoms with Crippen molar-refractivity contribution < 1.29 is 23.4 Å². The third kappa shape index (κ3) is 6.21. The third-order valence-electron chi connectivity index (χ3n) is 4.58. The summed E-state index contributed by atoms with van der Waals surface area (Å²) in [7, 11) is 1.32. The lowest BCUT2D eigenvalue weighted by Crippen LogP contribution is -2.12. The van der Waals surface area contributed by atoms with Crippen LogP contribution in [0.4, 0.5) is 4.39 Å². The van der Waals surface area contributed by atoms with Gasteiger partial charge in [-0.05, 0) is 66.3 Å². The number of hydrogen-bond acceptors (Lipinski definition) is 4. The van der Waals surface area contributed by atoms with E-state index in [1.165, 1.54) is 25.7 Å². The third-order valence-corrected chi connectivity index (χ3v) is 4.58. The maximum atomic E-state index is 13.2. The van der Waals surface area contributed by atoms with Crippen LogP contribution >= 0.6 is 0 Å². The van der Waals surface area contributed by atoms with Crippen LogP contribution in [-0.2, 0) is 16.0 Å². The molecule has 0 heterocycles. The summed E-state index contributed by atoms with van der Waals surface area (Å²) >= 11 is 0. The molecule has 160 valence electrons. The molecule has 0 N–H and O–H groups in total. The molecule has 0 aliphatic heterocycles. The van der Waals surface area contributed by atoms with Gasteiger partial charge >= 0.3 is 5.97 Å². The largest absolute Gasteiger partial charge is 0.486 e. The molecule has 30 heavy (non-hydrogen) atoms. The second kappa shape index (κ2) is 11.2. The van der Waals surface area contributed by atoms with Gasteiger partial charge in [0.05, 0.1) is 12.9 Å². The van der Waals surface area contributed by atoms with Crippen molar-refractivity contribution in [1.82, 2.24) is 0 Å². The van der Waals surface area contributed by atoms with Crippen molar-refractivity contribution >= 4 is 11.5 Å². The number of allylic oxidation sites excluding steroid dienone is 3. The Hall–Kier alpha value is -3.08. The van der Waals surface area contributed by atoms with E-state index in [2.05, 4.69) is 17.4 Å². The number of fused-ring (bicyclic) bond motifs is 1. The Morgan fingerprint density at radius 1 is 1.20 bits per heavy atom. The Kier molecular flexibility index (Phi) is 8.66. The first-order valence-electron chi connectivity index (χ1n) is 10.1. The number of hydrogen-bond donors (Lipinski definition) is 0. The van der Waals surface area contributed by atoms with Crippen molar-refractivity contribution in [3.05, 3.63) is 77.6 Å². The van der Waals surface area contributed by atoms with Gasteiger partial charge in [0.2, 0.25) is 0 Å². The normalized spacial score (nSPS) is 14.8. The molecule has 2 aromatic carbocycles. The Balaban J connectivity index is 0.00000155. The Morgan fingerprint density at radius 2 is 1.93 bits per heavy atom. The minimum absolute atomic E-state index is 0.103. The van der Waals surface area contributed by atoms with Crippen LogP contribution in [-0.4, -0.2) is 19.7 Å². The van der Waals surface area contributed by atoms with Crippen LogP contribution < -0.4 is 9.47 Å². The van der Waals surface area contributed by atoms with Crippen LogP contribution in [0.2, 0.25) is 0 Å². The average molecular weight is 413 g/mol. The van der Waals surface area contributed by atoms with E-state index in [0.29, 0.717) is 17.1 Å². The first kappa shape index (κ1) is 23.2. The summed E-state index contributed by atoms with van der Waals surface area (Å²) in [5.41, 5.74) is 3.82. The van der Waals surface area contributed by atoms with E-state index in [-0.39, 0.29) is 18.5 Å². The van der Waals surface area contributed by atoms with Crippen LogP contribution in [0.3, 0.4) is 0 Å². The highest BCUT2D eigenvalue weighted by Crippen LogP contribution is 2.37. The van der Waals surface area contributed by atoms with Crippen molar-refractivity contribution in [2.75, 3.05) is 13.7 Å². The van der Waals surface area contributed by atoms with E-state index in [1.54, 1.807) is 12.1 Å². The van der Waals surface area contributed by atoms with Crippen LogP contribution in [0.1, 0.15) is 50.0 Å². The van der Waals surface area contributed by atoms with Gasteiger partial charge in [-0.3, -0.25) is 0 Å². The number of aryl methyl sites for hydroxylation is 1. The van der Waals surface area contributed by atoms with Gasteiger partial charge in [-0.1, -0.05) is 38.6 Å². The minimum atomic E-state index is -0.443. The lowest BCUT2D eigenvalue weighted by atomic mass is 10.0. The molecular weight excluding hydrogens is 383 g/mol. The van der Waals surface area contributed by atoms with Crippen LogP contribution in [0, 0.1) is 0 Å². The Bertz CT molecular complexity index is 913. The quantitative estimate of drug-likeness (QED) is 0.400. The summed E-state index contributed by atoms with van der Waals surface area (Å²) in [6.45, 7) is 9.19. The van der Waals surface area contributed by atoms with Crippen LogP contribution in [0.15, 0.2) is 60.9 Å². The zero-order valence-corrected chi connectivity index (χ0v) is 18.0. The smallest absolute Gasteiger partial charge is 0.343 e. The molecule has 5 heteroatoms. The van der Waals surface area contributed by atoms with Gasteiger partial charge in [0.1, 0.15) is 17.6 Å². The van der Waals surface area contributed by atoms with Gasteiger partial charge in [-0.25, -0.2) is 9.18 Å². The molecule has 0 fully saturated rings. The first-order valence-corrected chi connectivity index (χ1v) is 10.1. The predicted octanol–water partition coefficient (Wildman–Crippen LogP) is 6.22. The molecule has 3 rings (SSSR count). The fraction of sp³-hybridized carbons (Fsp3) is 0.320. The topological polar surface area (TPSA) is 44.8 Å². The highest BCUT2D eigenvalue weighted by molar-refractivity contribution is 5.73. The molecule has 1 atom stereocenters. The maximum Gasteiger partial charge on any atom is 0.343 e. The molecule has 0 amide bonds. The highest BCUT2D eigenvalue weighted by Gasteiger charge is 2.24. The summed E-state index contributed by atoms with van der Waals surface area (Å²) in [6.07, 6.45) is 3.10. The monoisotopic (exact) mass is 412 g/mol. The van der Waals surface area contributed by atoms with Crippen LogP contribution in [0.25, 0.3) is 5.57 Å². The van der Waals surface area contributed by atoms with Gasteiger partial charge in [0.25, 0.3) is 0 Å². The average Bonchev–Trinajstić information content (AvgIpc) is 3.15. The van der Waals surface area contributed by atoms with Gasteiger partial charge in [0.15, 0.2) is 6.61 Å². The SMILES string of the molecule is C=C(/C=C(\C)F)c1ccc2c(c1)C(Oc1cccc(OCC(=O)OC)c1)CC2.CC. The molecule has 0 saturated heterocycles. The number of carbonyl (C=O) groups is 1. The Morgan fingerprint density at radius 3 is 2.63 bits per heavy atom. The maximum absolute atomic E-state index is 13.2. The summed E-state index contributed by atoms with van der Waals surface area (Å²) in [6, 6.07) is 13.2. The van der Waals surface area contributed by atoms with Gasteiger partial charge < -0.3 is 14.2 Å². The number of carbonyl (C=O) groups excluding carboxylic acids is 1. The number of methoxy groups -OCH3 is 1. The lowest BCUT2D eigenvalue weighted by Gasteiger charge is -2.16. The lowest BCUT2D eigenvalue weighted by molar-refractivity contribution is -0.142. The van der Waals surface area contributed by atoms with Crippen molar-refractivity contribution in [3.8, 4) is 11.5 Å². The van der Waals surface area contributed by atoms with Crippen molar-refractivity contribution in [2.45, 2.75) is 39.7 Å². The molecule has 1 unspecified atom stereocenters. The molecule has 2 aromatic rings. The molecular formula is C25H29FO4. The molecule has 0 spiro atoms. The van der Waals surface area contributed by atoms with Crippen molar-refractivity contribution in [2.24, 2.45) is 0 Å². The minimum Gasteiger partial charge on any atom is -0.486 e. The van der Waals surface area contributed by atoms with Crippen LogP contribution in [0.5, 0.6) is 11.5 Å². The molecule has 0 saturated carbocycles. The molecule has 0 bridgehead atoms. The molecule has 1 aliphatic rings. The number of benzene rings is 2. The van der Waals surface area contributed by atoms with Crippen molar-refractivity contribution in [3.63, 3.8) is 0 Å². The van der Waals surface area contributed by atoms with Gasteiger partial charge in [-0.15, -0.1) is 0 Å².